The minimum absolute atomic E-state index is 0.263. The highest BCUT2D eigenvalue weighted by molar-refractivity contribution is 7.98. The molecule has 0 fully saturated rings. The first kappa shape index (κ1) is 11.6. The van der Waals surface area contributed by atoms with E-state index < -0.39 is 0 Å². The molecular weight excluding hydrogens is 238 g/mol. The van der Waals surface area contributed by atoms with Crippen molar-refractivity contribution in [1.82, 2.24) is 20.2 Å². The van der Waals surface area contributed by atoms with Gasteiger partial charge in [-0.1, -0.05) is 0 Å². The molecule has 6 nitrogen and oxygen atoms in total. The van der Waals surface area contributed by atoms with E-state index in [-0.39, 0.29) is 11.9 Å². The summed E-state index contributed by atoms with van der Waals surface area (Å²) in [5, 5.41) is 9.78. The van der Waals surface area contributed by atoms with E-state index in [0.29, 0.717) is 16.4 Å². The van der Waals surface area contributed by atoms with Crippen molar-refractivity contribution in [3.05, 3.63) is 29.7 Å². The Morgan fingerprint density at radius 1 is 1.53 bits per heavy atom. The molecule has 0 radical (unpaired) electrons. The monoisotopic (exact) mass is 249 g/mol. The highest BCUT2D eigenvalue weighted by Gasteiger charge is 2.13. The minimum Gasteiger partial charge on any atom is -0.289 e. The summed E-state index contributed by atoms with van der Waals surface area (Å²) in [4.78, 5) is 20.1. The maximum Gasteiger partial charge on any atom is 0.260 e. The summed E-state index contributed by atoms with van der Waals surface area (Å²) in [6, 6.07) is 3.44. The van der Waals surface area contributed by atoms with Gasteiger partial charge in [0.15, 0.2) is 0 Å². The Balaban J connectivity index is 2.20. The second kappa shape index (κ2) is 4.96. The number of carbonyl (C=O) groups excluding carboxylic acids is 1. The van der Waals surface area contributed by atoms with E-state index in [1.165, 1.54) is 11.8 Å². The first-order chi connectivity index (χ1) is 8.20. The number of aromatic amines is 1. The Hall–Kier alpha value is -1.89. The van der Waals surface area contributed by atoms with Crippen LogP contribution in [-0.2, 0) is 0 Å². The van der Waals surface area contributed by atoms with Gasteiger partial charge in [0.05, 0.1) is 5.56 Å². The Kier molecular flexibility index (Phi) is 3.38. The van der Waals surface area contributed by atoms with Crippen LogP contribution in [0.25, 0.3) is 0 Å². The third-order valence-corrected chi connectivity index (χ3v) is 2.74. The summed E-state index contributed by atoms with van der Waals surface area (Å²) in [6.07, 6.45) is 3.52. The molecule has 0 atom stereocenters. The second-order valence-electron chi connectivity index (χ2n) is 3.26. The lowest BCUT2D eigenvalue weighted by Crippen LogP contribution is -2.14. The Bertz CT molecular complexity index is 539. The zero-order valence-corrected chi connectivity index (χ0v) is 10.2. The van der Waals surface area contributed by atoms with Gasteiger partial charge in [-0.25, -0.2) is 4.98 Å². The molecule has 0 saturated carbocycles. The first-order valence-electron chi connectivity index (χ1n) is 4.90. The van der Waals surface area contributed by atoms with Crippen LogP contribution in [0.1, 0.15) is 16.2 Å². The van der Waals surface area contributed by atoms with Crippen LogP contribution in [0.4, 0.5) is 5.95 Å². The van der Waals surface area contributed by atoms with Crippen LogP contribution in [0.3, 0.4) is 0 Å². The number of hydrogen-bond acceptors (Lipinski definition) is 5. The summed E-state index contributed by atoms with van der Waals surface area (Å²) < 4.78 is 0. The van der Waals surface area contributed by atoms with Gasteiger partial charge >= 0.3 is 0 Å². The third kappa shape index (κ3) is 2.62. The summed E-state index contributed by atoms with van der Waals surface area (Å²) >= 11 is 1.42. The average Bonchev–Trinajstić information content (AvgIpc) is 2.74. The van der Waals surface area contributed by atoms with E-state index in [1.807, 2.05) is 6.26 Å². The quantitative estimate of drug-likeness (QED) is 0.805. The maximum absolute atomic E-state index is 11.9. The number of nitrogens with one attached hydrogen (secondary N) is 2. The number of pyridine rings is 1. The Labute approximate surface area is 102 Å². The molecule has 7 heteroatoms. The predicted octanol–water partition coefficient (Wildman–Crippen LogP) is 1.48. The van der Waals surface area contributed by atoms with E-state index in [2.05, 4.69) is 25.5 Å². The van der Waals surface area contributed by atoms with Crippen LogP contribution < -0.4 is 5.32 Å². The topological polar surface area (TPSA) is 83.6 Å². The normalized spacial score (nSPS) is 10.2. The Morgan fingerprint density at radius 2 is 2.35 bits per heavy atom. The molecule has 2 heterocycles. The number of H-pyrrole nitrogens is 1. The van der Waals surface area contributed by atoms with Gasteiger partial charge in [0.25, 0.3) is 5.91 Å². The van der Waals surface area contributed by atoms with Crippen molar-refractivity contribution in [3.63, 3.8) is 0 Å². The number of hydrogen-bond donors (Lipinski definition) is 2. The van der Waals surface area contributed by atoms with Crippen molar-refractivity contribution < 1.29 is 4.79 Å². The largest absolute Gasteiger partial charge is 0.289 e. The number of aromatic nitrogens is 4. The lowest BCUT2D eigenvalue weighted by molar-refractivity contribution is 0.102. The first-order valence-corrected chi connectivity index (χ1v) is 6.12. The summed E-state index contributed by atoms with van der Waals surface area (Å²) in [7, 11) is 0. The van der Waals surface area contributed by atoms with Gasteiger partial charge in [0.1, 0.15) is 10.9 Å². The van der Waals surface area contributed by atoms with Gasteiger partial charge in [-0.2, -0.15) is 4.98 Å². The van der Waals surface area contributed by atoms with Crippen LogP contribution in [0, 0.1) is 6.92 Å². The molecule has 0 aliphatic heterocycles. The molecule has 0 bridgehead atoms. The van der Waals surface area contributed by atoms with Gasteiger partial charge in [-0.15, -0.1) is 16.9 Å². The second-order valence-corrected chi connectivity index (χ2v) is 4.05. The van der Waals surface area contributed by atoms with Crippen LogP contribution in [0.15, 0.2) is 23.4 Å². The molecule has 17 heavy (non-hydrogen) atoms. The molecule has 0 saturated heterocycles. The maximum atomic E-state index is 11.9. The lowest BCUT2D eigenvalue weighted by Gasteiger charge is -2.04. The molecule has 1 amide bonds. The Morgan fingerprint density at radius 3 is 3.00 bits per heavy atom. The molecule has 2 N–H and O–H groups in total. The van der Waals surface area contributed by atoms with Gasteiger partial charge in [0, 0.05) is 6.20 Å². The summed E-state index contributed by atoms with van der Waals surface area (Å²) in [5.74, 6) is 0.654. The molecular formula is C10H11N5OS. The number of nitrogens with zero attached hydrogens (tertiary/aromatic N) is 3. The number of thioether (sulfide) groups is 1. The smallest absolute Gasteiger partial charge is 0.260 e. The fourth-order valence-corrected chi connectivity index (χ4v) is 1.84. The van der Waals surface area contributed by atoms with Crippen LogP contribution >= 0.6 is 11.8 Å². The van der Waals surface area contributed by atoms with Gasteiger partial charge in [0.2, 0.25) is 5.95 Å². The molecule has 0 spiro atoms. The molecule has 2 aromatic rings. The molecule has 0 aliphatic rings. The van der Waals surface area contributed by atoms with Crippen molar-refractivity contribution in [2.75, 3.05) is 11.6 Å². The summed E-state index contributed by atoms with van der Waals surface area (Å²) in [6.45, 7) is 1.76. The number of anilines is 1. The fraction of sp³-hybridized carbons (Fsp3) is 0.200. The summed E-state index contributed by atoms with van der Waals surface area (Å²) in [5.41, 5.74) is 0.516. The van der Waals surface area contributed by atoms with E-state index in [1.54, 1.807) is 25.3 Å². The highest BCUT2D eigenvalue weighted by Crippen LogP contribution is 2.17. The average molecular weight is 249 g/mol. The number of amides is 1. The van der Waals surface area contributed by atoms with Crippen molar-refractivity contribution in [2.45, 2.75) is 11.9 Å². The number of carbonyl (C=O) groups is 1. The molecule has 0 aliphatic carbocycles. The molecule has 2 aromatic heterocycles. The van der Waals surface area contributed by atoms with Crippen LogP contribution in [0.2, 0.25) is 0 Å². The molecule has 2 rings (SSSR count). The van der Waals surface area contributed by atoms with Gasteiger partial charge < -0.3 is 0 Å². The zero-order chi connectivity index (χ0) is 12.3. The van der Waals surface area contributed by atoms with E-state index in [9.17, 15) is 4.79 Å². The van der Waals surface area contributed by atoms with Gasteiger partial charge in [-0.3, -0.25) is 15.2 Å². The molecule has 88 valence electrons. The van der Waals surface area contributed by atoms with Crippen LogP contribution in [-0.4, -0.2) is 32.3 Å². The van der Waals surface area contributed by atoms with Crippen LogP contribution in [0.5, 0.6) is 0 Å². The van der Waals surface area contributed by atoms with E-state index in [0.717, 1.165) is 0 Å². The zero-order valence-electron chi connectivity index (χ0n) is 9.39. The van der Waals surface area contributed by atoms with Crippen molar-refractivity contribution in [2.24, 2.45) is 0 Å². The third-order valence-electron chi connectivity index (χ3n) is 2.03. The minimum atomic E-state index is -0.263. The van der Waals surface area contributed by atoms with Crippen molar-refractivity contribution in [3.8, 4) is 0 Å². The van der Waals surface area contributed by atoms with Gasteiger partial charge in [-0.05, 0) is 25.3 Å². The number of aryl methyl sites for hydroxylation is 1. The number of rotatable bonds is 3. The molecule has 0 aromatic carbocycles. The molecule has 0 unspecified atom stereocenters. The van der Waals surface area contributed by atoms with E-state index >= 15 is 0 Å². The van der Waals surface area contributed by atoms with E-state index in [4.69, 9.17) is 0 Å². The fourth-order valence-electron chi connectivity index (χ4n) is 1.29. The van der Waals surface area contributed by atoms with Crippen molar-refractivity contribution >= 4 is 23.6 Å². The predicted molar refractivity (Wildman–Crippen MR) is 65.1 cm³/mol. The van der Waals surface area contributed by atoms with Crippen molar-refractivity contribution in [1.29, 1.82) is 0 Å². The lowest BCUT2D eigenvalue weighted by atomic mass is 10.3. The SMILES string of the molecule is CSc1ncccc1C(=O)Nc1n[nH]c(C)n1. The highest BCUT2D eigenvalue weighted by atomic mass is 32.2. The standard InChI is InChI=1S/C10H11N5OS/c1-6-12-10(15-14-6)13-8(16)7-4-3-5-11-9(7)17-2/h3-5H,1-2H3,(H2,12,13,14,15,16).